The van der Waals surface area contributed by atoms with Crippen LogP contribution in [0.1, 0.15) is 12.0 Å². The molecular formula is C11H13ClN2O. The van der Waals surface area contributed by atoms with Gasteiger partial charge in [0.05, 0.1) is 6.54 Å². The normalized spacial score (nSPS) is 9.67. The first-order valence-corrected chi connectivity index (χ1v) is 5.05. The highest BCUT2D eigenvalue weighted by molar-refractivity contribution is 6.29. The molecule has 80 valence electrons. The molecule has 3 nitrogen and oxygen atoms in total. The number of amides is 1. The summed E-state index contributed by atoms with van der Waals surface area (Å²) in [5.41, 5.74) is 1.05. The fourth-order valence-corrected chi connectivity index (χ4v) is 1.15. The quantitative estimate of drug-likeness (QED) is 0.830. The molecule has 0 saturated heterocycles. The van der Waals surface area contributed by atoms with Gasteiger partial charge in [0, 0.05) is 23.8 Å². The number of pyridine rings is 1. The first-order valence-electron chi connectivity index (χ1n) is 4.67. The van der Waals surface area contributed by atoms with Gasteiger partial charge in [0.1, 0.15) is 0 Å². The van der Waals surface area contributed by atoms with E-state index in [9.17, 15) is 4.79 Å². The van der Waals surface area contributed by atoms with Crippen molar-refractivity contribution in [1.29, 1.82) is 0 Å². The molecule has 0 saturated carbocycles. The van der Waals surface area contributed by atoms with Crippen molar-refractivity contribution >= 4 is 17.5 Å². The number of nitrogens with zero attached hydrogens (tertiary/aromatic N) is 1. The molecular weight excluding hydrogens is 212 g/mol. The Balaban J connectivity index is 2.26. The molecule has 0 unspecified atom stereocenters. The van der Waals surface area contributed by atoms with E-state index in [1.807, 2.05) is 12.1 Å². The number of aromatic nitrogens is 1. The van der Waals surface area contributed by atoms with Crippen molar-refractivity contribution in [2.75, 3.05) is 6.54 Å². The number of halogens is 1. The van der Waals surface area contributed by atoms with Crippen molar-refractivity contribution < 1.29 is 4.79 Å². The minimum Gasteiger partial charge on any atom is -0.351 e. The number of hydrogen-bond donors (Lipinski definition) is 1. The molecule has 0 aliphatic carbocycles. The van der Waals surface area contributed by atoms with Crippen LogP contribution < -0.4 is 5.32 Å². The van der Waals surface area contributed by atoms with Crippen LogP contribution in [0.25, 0.3) is 0 Å². The Morgan fingerprint density at radius 2 is 2.40 bits per heavy atom. The smallest absolute Gasteiger partial charge is 0.220 e. The van der Waals surface area contributed by atoms with E-state index in [4.69, 9.17) is 11.6 Å². The van der Waals surface area contributed by atoms with Crippen LogP contribution in [0.2, 0.25) is 0 Å². The zero-order chi connectivity index (χ0) is 11.1. The Hall–Kier alpha value is -1.35. The van der Waals surface area contributed by atoms with Gasteiger partial charge in [-0.1, -0.05) is 24.2 Å². The van der Waals surface area contributed by atoms with Crippen LogP contribution in [0, 0.1) is 0 Å². The third kappa shape index (κ3) is 5.18. The molecule has 1 aromatic rings. The molecule has 0 radical (unpaired) electrons. The van der Waals surface area contributed by atoms with E-state index in [2.05, 4.69) is 16.9 Å². The lowest BCUT2D eigenvalue weighted by molar-refractivity contribution is -0.120. The summed E-state index contributed by atoms with van der Waals surface area (Å²) < 4.78 is 0. The van der Waals surface area contributed by atoms with Gasteiger partial charge in [0.25, 0.3) is 0 Å². The Labute approximate surface area is 94.2 Å². The molecule has 0 aromatic carbocycles. The molecule has 1 aromatic heterocycles. The number of nitrogens with one attached hydrogen (secondary N) is 1. The SMILES string of the molecule is C=C(Cl)CNC(=O)CCc1cccnc1. The summed E-state index contributed by atoms with van der Waals surface area (Å²) in [5.74, 6) is -0.0272. The van der Waals surface area contributed by atoms with Crippen molar-refractivity contribution in [2.24, 2.45) is 0 Å². The van der Waals surface area contributed by atoms with Crippen molar-refractivity contribution in [3.05, 3.63) is 41.7 Å². The van der Waals surface area contributed by atoms with Gasteiger partial charge in [0.2, 0.25) is 5.91 Å². The maximum Gasteiger partial charge on any atom is 0.220 e. The summed E-state index contributed by atoms with van der Waals surface area (Å²) >= 11 is 5.52. The van der Waals surface area contributed by atoms with Gasteiger partial charge in [0.15, 0.2) is 0 Å². The van der Waals surface area contributed by atoms with Gasteiger partial charge in [-0.05, 0) is 18.1 Å². The monoisotopic (exact) mass is 224 g/mol. The second kappa shape index (κ2) is 6.19. The molecule has 0 aliphatic rings. The van der Waals surface area contributed by atoms with Crippen molar-refractivity contribution in [1.82, 2.24) is 10.3 Å². The van der Waals surface area contributed by atoms with E-state index in [-0.39, 0.29) is 5.91 Å². The Morgan fingerprint density at radius 3 is 3.00 bits per heavy atom. The molecule has 0 fully saturated rings. The van der Waals surface area contributed by atoms with E-state index in [1.165, 1.54) is 0 Å². The lowest BCUT2D eigenvalue weighted by atomic mass is 10.1. The van der Waals surface area contributed by atoms with Crippen LogP contribution in [0.15, 0.2) is 36.1 Å². The summed E-state index contributed by atoms with van der Waals surface area (Å²) in [6.07, 6.45) is 4.60. The second-order valence-electron chi connectivity index (χ2n) is 3.16. The van der Waals surface area contributed by atoms with Crippen LogP contribution >= 0.6 is 11.6 Å². The predicted octanol–water partition coefficient (Wildman–Crippen LogP) is 1.88. The van der Waals surface area contributed by atoms with Crippen LogP contribution in [-0.2, 0) is 11.2 Å². The van der Waals surface area contributed by atoms with E-state index in [0.717, 1.165) is 5.56 Å². The lowest BCUT2D eigenvalue weighted by Gasteiger charge is -2.03. The van der Waals surface area contributed by atoms with Gasteiger partial charge in [-0.25, -0.2) is 0 Å². The standard InChI is InChI=1S/C11H13ClN2O/c1-9(12)7-14-11(15)5-4-10-3-2-6-13-8-10/h2-3,6,8H,1,4-5,7H2,(H,14,15). The Morgan fingerprint density at radius 1 is 1.60 bits per heavy atom. The zero-order valence-electron chi connectivity index (χ0n) is 8.37. The van der Waals surface area contributed by atoms with Crippen LogP contribution in [0.4, 0.5) is 0 Å². The highest BCUT2D eigenvalue weighted by Gasteiger charge is 2.01. The molecule has 0 aliphatic heterocycles. The van der Waals surface area contributed by atoms with Crippen LogP contribution in [-0.4, -0.2) is 17.4 Å². The van der Waals surface area contributed by atoms with Crippen molar-refractivity contribution in [3.8, 4) is 0 Å². The zero-order valence-corrected chi connectivity index (χ0v) is 9.13. The molecule has 1 rings (SSSR count). The van der Waals surface area contributed by atoms with E-state index >= 15 is 0 Å². The number of aryl methyl sites for hydroxylation is 1. The minimum absolute atomic E-state index is 0.0272. The summed E-state index contributed by atoms with van der Waals surface area (Å²) in [4.78, 5) is 15.3. The molecule has 1 heterocycles. The Bertz CT molecular complexity index is 338. The largest absolute Gasteiger partial charge is 0.351 e. The minimum atomic E-state index is -0.0272. The van der Waals surface area contributed by atoms with Gasteiger partial charge < -0.3 is 5.32 Å². The predicted molar refractivity (Wildman–Crippen MR) is 60.6 cm³/mol. The average Bonchev–Trinajstić information content (AvgIpc) is 2.25. The number of carbonyl (C=O) groups excluding carboxylic acids is 1. The lowest BCUT2D eigenvalue weighted by Crippen LogP contribution is -2.24. The molecule has 1 N–H and O–H groups in total. The second-order valence-corrected chi connectivity index (χ2v) is 3.69. The first-order chi connectivity index (χ1) is 7.18. The summed E-state index contributed by atoms with van der Waals surface area (Å²) in [5, 5.41) is 3.10. The fraction of sp³-hybridized carbons (Fsp3) is 0.273. The van der Waals surface area contributed by atoms with E-state index in [0.29, 0.717) is 24.4 Å². The van der Waals surface area contributed by atoms with Crippen LogP contribution in [0.5, 0.6) is 0 Å². The van der Waals surface area contributed by atoms with Crippen molar-refractivity contribution in [3.63, 3.8) is 0 Å². The highest BCUT2D eigenvalue weighted by Crippen LogP contribution is 2.00. The molecule has 0 spiro atoms. The fourth-order valence-electron chi connectivity index (χ4n) is 1.09. The third-order valence-corrected chi connectivity index (χ3v) is 1.97. The van der Waals surface area contributed by atoms with Crippen LogP contribution in [0.3, 0.4) is 0 Å². The van der Waals surface area contributed by atoms with E-state index < -0.39 is 0 Å². The van der Waals surface area contributed by atoms with Gasteiger partial charge in [-0.2, -0.15) is 0 Å². The maximum atomic E-state index is 11.3. The highest BCUT2D eigenvalue weighted by atomic mass is 35.5. The molecule has 1 amide bonds. The van der Waals surface area contributed by atoms with Crippen molar-refractivity contribution in [2.45, 2.75) is 12.8 Å². The molecule has 15 heavy (non-hydrogen) atoms. The first kappa shape index (κ1) is 11.7. The number of carbonyl (C=O) groups is 1. The van der Waals surface area contributed by atoms with Gasteiger partial charge in [-0.3, -0.25) is 9.78 Å². The number of hydrogen-bond acceptors (Lipinski definition) is 2. The van der Waals surface area contributed by atoms with Gasteiger partial charge in [-0.15, -0.1) is 0 Å². The molecule has 0 atom stereocenters. The molecule has 0 bridgehead atoms. The molecule has 4 heteroatoms. The van der Waals surface area contributed by atoms with E-state index in [1.54, 1.807) is 12.4 Å². The maximum absolute atomic E-state index is 11.3. The average molecular weight is 225 g/mol. The van der Waals surface area contributed by atoms with Gasteiger partial charge >= 0.3 is 0 Å². The number of rotatable bonds is 5. The topological polar surface area (TPSA) is 42.0 Å². The third-order valence-electron chi connectivity index (χ3n) is 1.84. The summed E-state index contributed by atoms with van der Waals surface area (Å²) in [6.45, 7) is 3.81. The Kier molecular flexibility index (Phi) is 4.84. The summed E-state index contributed by atoms with van der Waals surface area (Å²) in [6, 6.07) is 3.80. The summed E-state index contributed by atoms with van der Waals surface area (Å²) in [7, 11) is 0.